The third kappa shape index (κ3) is 3.77. The maximum absolute atomic E-state index is 12.6. The van der Waals surface area contributed by atoms with E-state index < -0.39 is 12.1 Å². The molecule has 1 amide bonds. The lowest BCUT2D eigenvalue weighted by Crippen LogP contribution is -2.46. The summed E-state index contributed by atoms with van der Waals surface area (Å²) in [5.74, 6) is -1.07. The highest BCUT2D eigenvalue weighted by Gasteiger charge is 2.28. The molecule has 1 aliphatic heterocycles. The van der Waals surface area contributed by atoms with E-state index in [4.69, 9.17) is 21.4 Å². The van der Waals surface area contributed by atoms with Crippen LogP contribution >= 0.6 is 11.6 Å². The number of rotatable bonds is 4. The fourth-order valence-electron chi connectivity index (χ4n) is 2.43. The van der Waals surface area contributed by atoms with E-state index in [0.717, 1.165) is 0 Å². The first-order chi connectivity index (χ1) is 9.88. The number of carboxylic acids is 1. The Kier molecular flexibility index (Phi) is 4.90. The summed E-state index contributed by atoms with van der Waals surface area (Å²) in [7, 11) is 0. The number of carboxylic acid groups (broad SMARTS) is 1. The molecule has 21 heavy (non-hydrogen) atoms. The lowest BCUT2D eigenvalue weighted by atomic mass is 10.2. The normalized spacial score (nSPS) is 19.0. The van der Waals surface area contributed by atoms with Crippen LogP contribution in [0.4, 0.5) is 0 Å². The molecular formula is C14H19ClN2O4. The first-order valence-electron chi connectivity index (χ1n) is 6.88. The van der Waals surface area contributed by atoms with Crippen LogP contribution in [-0.4, -0.2) is 52.3 Å². The fourth-order valence-corrected chi connectivity index (χ4v) is 2.64. The standard InChI is InChI=1S/C14H19ClN2O4/c1-9(2)17-7-10(15)5-12(17)14(20)16-3-4-21-11(8-16)6-13(18)19/h5,7,9,11H,3-4,6,8H2,1-2H3,(H,18,19). The highest BCUT2D eigenvalue weighted by molar-refractivity contribution is 6.31. The molecule has 7 heteroatoms. The number of carbonyl (C=O) groups is 2. The quantitative estimate of drug-likeness (QED) is 0.923. The minimum atomic E-state index is -0.928. The summed E-state index contributed by atoms with van der Waals surface area (Å²) >= 11 is 6.00. The number of halogens is 1. The lowest BCUT2D eigenvalue weighted by molar-refractivity contribution is -0.141. The van der Waals surface area contributed by atoms with Crippen molar-refractivity contribution in [3.63, 3.8) is 0 Å². The number of aliphatic carboxylic acids is 1. The Hall–Kier alpha value is -1.53. The molecule has 1 aliphatic rings. The molecule has 1 fully saturated rings. The van der Waals surface area contributed by atoms with Crippen molar-refractivity contribution in [1.82, 2.24) is 9.47 Å². The van der Waals surface area contributed by atoms with Crippen molar-refractivity contribution in [2.24, 2.45) is 0 Å². The van der Waals surface area contributed by atoms with Gasteiger partial charge >= 0.3 is 5.97 Å². The Bertz CT molecular complexity index is 541. The average molecular weight is 315 g/mol. The molecular weight excluding hydrogens is 296 g/mol. The summed E-state index contributed by atoms with van der Waals surface area (Å²) < 4.78 is 7.21. The molecule has 1 aromatic rings. The molecule has 116 valence electrons. The molecule has 1 aromatic heterocycles. The SMILES string of the molecule is CC(C)n1cc(Cl)cc1C(=O)N1CCOC(CC(=O)O)C1. The topological polar surface area (TPSA) is 71.8 Å². The number of hydrogen-bond acceptors (Lipinski definition) is 3. The van der Waals surface area contributed by atoms with E-state index in [1.807, 2.05) is 18.4 Å². The van der Waals surface area contributed by atoms with E-state index in [9.17, 15) is 9.59 Å². The summed E-state index contributed by atoms with van der Waals surface area (Å²) in [6.45, 7) is 5.03. The van der Waals surface area contributed by atoms with Crippen molar-refractivity contribution in [2.75, 3.05) is 19.7 Å². The number of carbonyl (C=O) groups excluding carboxylic acids is 1. The molecule has 1 saturated heterocycles. The van der Waals surface area contributed by atoms with Gasteiger partial charge in [-0.05, 0) is 19.9 Å². The number of hydrogen-bond donors (Lipinski definition) is 1. The lowest BCUT2D eigenvalue weighted by Gasteiger charge is -2.32. The van der Waals surface area contributed by atoms with Crippen LogP contribution < -0.4 is 0 Å². The summed E-state index contributed by atoms with van der Waals surface area (Å²) in [4.78, 5) is 25.0. The van der Waals surface area contributed by atoms with Gasteiger partial charge in [0.25, 0.3) is 5.91 Å². The zero-order valence-electron chi connectivity index (χ0n) is 12.1. The van der Waals surface area contributed by atoms with Crippen LogP contribution in [0.2, 0.25) is 5.02 Å². The van der Waals surface area contributed by atoms with E-state index in [-0.39, 0.29) is 24.9 Å². The summed E-state index contributed by atoms with van der Waals surface area (Å²) in [6.07, 6.45) is 1.17. The number of amides is 1. The van der Waals surface area contributed by atoms with Crippen LogP contribution in [0.1, 0.15) is 36.8 Å². The summed E-state index contributed by atoms with van der Waals surface area (Å²) in [5.41, 5.74) is 0.519. The second-order valence-electron chi connectivity index (χ2n) is 5.39. The molecule has 1 atom stereocenters. The molecule has 1 N–H and O–H groups in total. The van der Waals surface area contributed by atoms with Gasteiger partial charge in [0.05, 0.1) is 24.2 Å². The van der Waals surface area contributed by atoms with Gasteiger partial charge in [0.15, 0.2) is 0 Å². The second-order valence-corrected chi connectivity index (χ2v) is 5.82. The predicted octanol–water partition coefficient (Wildman–Crippen LogP) is 2.04. The molecule has 0 aromatic carbocycles. The Morgan fingerprint density at radius 3 is 2.86 bits per heavy atom. The van der Waals surface area contributed by atoms with Crippen LogP contribution in [0, 0.1) is 0 Å². The third-order valence-corrected chi connectivity index (χ3v) is 3.63. The average Bonchev–Trinajstić information content (AvgIpc) is 2.80. The number of aromatic nitrogens is 1. The molecule has 6 nitrogen and oxygen atoms in total. The van der Waals surface area contributed by atoms with Gasteiger partial charge in [-0.25, -0.2) is 0 Å². The number of morpholine rings is 1. The monoisotopic (exact) mass is 314 g/mol. The van der Waals surface area contributed by atoms with Gasteiger partial charge in [0, 0.05) is 25.3 Å². The van der Waals surface area contributed by atoms with E-state index in [1.54, 1.807) is 17.2 Å². The van der Waals surface area contributed by atoms with Gasteiger partial charge in [-0.2, -0.15) is 0 Å². The summed E-state index contributed by atoms with van der Waals surface area (Å²) in [5, 5.41) is 9.34. The number of ether oxygens (including phenoxy) is 1. The highest BCUT2D eigenvalue weighted by Crippen LogP contribution is 2.21. The van der Waals surface area contributed by atoms with Gasteiger partial charge in [0.1, 0.15) is 5.69 Å². The van der Waals surface area contributed by atoms with E-state index >= 15 is 0 Å². The van der Waals surface area contributed by atoms with Crippen LogP contribution in [-0.2, 0) is 9.53 Å². The largest absolute Gasteiger partial charge is 0.481 e. The van der Waals surface area contributed by atoms with E-state index in [0.29, 0.717) is 23.9 Å². The van der Waals surface area contributed by atoms with Gasteiger partial charge in [-0.1, -0.05) is 11.6 Å². The Labute approximate surface area is 128 Å². The Morgan fingerprint density at radius 1 is 1.52 bits per heavy atom. The third-order valence-electron chi connectivity index (χ3n) is 3.42. The molecule has 2 heterocycles. The molecule has 0 spiro atoms. The first kappa shape index (κ1) is 15.9. The van der Waals surface area contributed by atoms with Gasteiger partial charge in [-0.3, -0.25) is 9.59 Å². The van der Waals surface area contributed by atoms with Gasteiger partial charge < -0.3 is 19.3 Å². The summed E-state index contributed by atoms with van der Waals surface area (Å²) in [6, 6.07) is 1.76. The van der Waals surface area contributed by atoms with Crippen molar-refractivity contribution >= 4 is 23.5 Å². The number of nitrogens with zero attached hydrogens (tertiary/aromatic N) is 2. The highest BCUT2D eigenvalue weighted by atomic mass is 35.5. The van der Waals surface area contributed by atoms with E-state index in [1.165, 1.54) is 0 Å². The van der Waals surface area contributed by atoms with E-state index in [2.05, 4.69) is 0 Å². The van der Waals surface area contributed by atoms with Crippen LogP contribution in [0.5, 0.6) is 0 Å². The van der Waals surface area contributed by atoms with Crippen molar-refractivity contribution < 1.29 is 19.4 Å². The van der Waals surface area contributed by atoms with Crippen LogP contribution in [0.25, 0.3) is 0 Å². The molecule has 2 rings (SSSR count). The van der Waals surface area contributed by atoms with Crippen molar-refractivity contribution in [3.05, 3.63) is 23.0 Å². The van der Waals surface area contributed by atoms with Crippen molar-refractivity contribution in [1.29, 1.82) is 0 Å². The van der Waals surface area contributed by atoms with Crippen molar-refractivity contribution in [3.8, 4) is 0 Å². The Morgan fingerprint density at radius 2 is 2.24 bits per heavy atom. The minimum absolute atomic E-state index is 0.101. The predicted molar refractivity (Wildman–Crippen MR) is 77.7 cm³/mol. The smallest absolute Gasteiger partial charge is 0.306 e. The maximum Gasteiger partial charge on any atom is 0.306 e. The van der Waals surface area contributed by atoms with Crippen LogP contribution in [0.3, 0.4) is 0 Å². The molecule has 0 saturated carbocycles. The molecule has 0 aliphatic carbocycles. The first-order valence-corrected chi connectivity index (χ1v) is 7.26. The minimum Gasteiger partial charge on any atom is -0.481 e. The Balaban J connectivity index is 2.14. The van der Waals surface area contributed by atoms with Crippen molar-refractivity contribution in [2.45, 2.75) is 32.4 Å². The van der Waals surface area contributed by atoms with Gasteiger partial charge in [0.2, 0.25) is 0 Å². The maximum atomic E-state index is 12.6. The molecule has 1 unspecified atom stereocenters. The second kappa shape index (κ2) is 6.49. The molecule has 0 radical (unpaired) electrons. The van der Waals surface area contributed by atoms with Crippen LogP contribution in [0.15, 0.2) is 12.3 Å². The zero-order chi connectivity index (χ0) is 15.6. The molecule has 0 bridgehead atoms. The zero-order valence-corrected chi connectivity index (χ0v) is 12.8. The fraction of sp³-hybridized carbons (Fsp3) is 0.571. The van der Waals surface area contributed by atoms with Gasteiger partial charge in [-0.15, -0.1) is 0 Å².